The topological polar surface area (TPSA) is 29.5 Å². The third-order valence-electron chi connectivity index (χ3n) is 4.23. The van der Waals surface area contributed by atoms with E-state index in [1.165, 1.54) is 5.56 Å². The van der Waals surface area contributed by atoms with Gasteiger partial charge in [-0.05, 0) is 44.4 Å². The van der Waals surface area contributed by atoms with Crippen molar-refractivity contribution in [2.75, 3.05) is 18.1 Å². The number of hydrogen-bond acceptors (Lipinski definition) is 2. The molecule has 0 saturated carbocycles. The lowest BCUT2D eigenvalue weighted by Gasteiger charge is -2.33. The maximum atomic E-state index is 12.9. The number of carbonyl (C=O) groups excluding carboxylic acids is 1. The summed E-state index contributed by atoms with van der Waals surface area (Å²) in [5.74, 6) is 0.249. The van der Waals surface area contributed by atoms with Crippen molar-refractivity contribution in [1.29, 1.82) is 0 Å². The van der Waals surface area contributed by atoms with E-state index in [9.17, 15) is 4.79 Å². The first-order valence-corrected chi connectivity index (χ1v) is 7.57. The summed E-state index contributed by atoms with van der Waals surface area (Å²) in [6, 6.07) is 6.39. The number of amides is 1. The number of hydrogen-bond donors (Lipinski definition) is 0. The molecule has 0 aromatic heterocycles. The van der Waals surface area contributed by atoms with Crippen molar-refractivity contribution >= 4 is 27.5 Å². The minimum atomic E-state index is -0.349. The number of ether oxygens (including phenoxy) is 1. The molecule has 19 heavy (non-hydrogen) atoms. The third-order valence-corrected chi connectivity index (χ3v) is 4.72. The Bertz CT molecular complexity index is 521. The van der Waals surface area contributed by atoms with E-state index >= 15 is 0 Å². The molecule has 4 heteroatoms. The third kappa shape index (κ3) is 1.84. The first-order chi connectivity index (χ1) is 9.06. The fraction of sp³-hybridized carbons (Fsp3) is 0.533. The van der Waals surface area contributed by atoms with Gasteiger partial charge in [0, 0.05) is 29.4 Å². The van der Waals surface area contributed by atoms with Gasteiger partial charge < -0.3 is 9.64 Å². The summed E-state index contributed by atoms with van der Waals surface area (Å²) >= 11 is 3.51. The van der Waals surface area contributed by atoms with Crippen molar-refractivity contribution < 1.29 is 9.53 Å². The molecule has 3 nitrogen and oxygen atoms in total. The van der Waals surface area contributed by atoms with Crippen molar-refractivity contribution in [3.05, 3.63) is 28.2 Å². The second-order valence-corrected chi connectivity index (χ2v) is 6.54. The van der Waals surface area contributed by atoms with E-state index in [4.69, 9.17) is 4.74 Å². The van der Waals surface area contributed by atoms with Crippen molar-refractivity contribution in [3.63, 3.8) is 0 Å². The summed E-state index contributed by atoms with van der Waals surface area (Å²) in [6.45, 7) is 5.49. The number of nitrogens with zero attached hydrogens (tertiary/aromatic N) is 1. The maximum absolute atomic E-state index is 12.9. The zero-order valence-corrected chi connectivity index (χ0v) is 12.9. The van der Waals surface area contributed by atoms with Crippen LogP contribution >= 0.6 is 15.9 Å². The molecule has 0 N–H and O–H groups in total. The van der Waals surface area contributed by atoms with Gasteiger partial charge in [0.15, 0.2) is 0 Å². The number of halogens is 1. The van der Waals surface area contributed by atoms with Gasteiger partial charge >= 0.3 is 0 Å². The van der Waals surface area contributed by atoms with Gasteiger partial charge in [0.2, 0.25) is 5.91 Å². The van der Waals surface area contributed by atoms with Crippen LogP contribution in [0.3, 0.4) is 0 Å². The van der Waals surface area contributed by atoms with E-state index in [1.807, 2.05) is 11.0 Å². The van der Waals surface area contributed by atoms with Gasteiger partial charge in [-0.15, -0.1) is 0 Å². The van der Waals surface area contributed by atoms with Gasteiger partial charge in [-0.25, -0.2) is 0 Å². The lowest BCUT2D eigenvalue weighted by molar-refractivity contribution is -0.126. The monoisotopic (exact) mass is 323 g/mol. The molecule has 0 bridgehead atoms. The van der Waals surface area contributed by atoms with Crippen LogP contribution in [0.1, 0.15) is 32.3 Å². The van der Waals surface area contributed by atoms with Gasteiger partial charge in [-0.2, -0.15) is 0 Å². The van der Waals surface area contributed by atoms with Crippen molar-refractivity contribution in [2.24, 2.45) is 0 Å². The minimum Gasteiger partial charge on any atom is -0.381 e. The number of rotatable bonds is 1. The van der Waals surface area contributed by atoms with Gasteiger partial charge in [-0.1, -0.05) is 22.0 Å². The zero-order chi connectivity index (χ0) is 13.6. The highest BCUT2D eigenvalue weighted by atomic mass is 79.9. The fourth-order valence-electron chi connectivity index (χ4n) is 3.28. The Kier molecular flexibility index (Phi) is 3.18. The van der Waals surface area contributed by atoms with Crippen LogP contribution in [0.4, 0.5) is 5.69 Å². The molecule has 102 valence electrons. The molecule has 2 heterocycles. The van der Waals surface area contributed by atoms with Crippen LogP contribution < -0.4 is 4.90 Å². The number of anilines is 1. The molecule has 1 aromatic carbocycles. The number of benzene rings is 1. The van der Waals surface area contributed by atoms with E-state index in [1.54, 1.807) is 0 Å². The van der Waals surface area contributed by atoms with E-state index < -0.39 is 0 Å². The molecule has 1 amide bonds. The smallest absolute Gasteiger partial charge is 0.238 e. The normalized spacial score (nSPS) is 21.3. The molecule has 3 rings (SSSR count). The molecule has 0 aliphatic carbocycles. The Morgan fingerprint density at radius 1 is 1.32 bits per heavy atom. The van der Waals surface area contributed by atoms with Crippen LogP contribution in [-0.2, 0) is 14.9 Å². The Labute approximate surface area is 122 Å². The summed E-state index contributed by atoms with van der Waals surface area (Å²) in [7, 11) is 0. The number of carbonyl (C=O) groups is 1. The fourth-order valence-corrected chi connectivity index (χ4v) is 3.63. The van der Waals surface area contributed by atoms with E-state index in [-0.39, 0.29) is 17.4 Å². The molecule has 1 aromatic rings. The molecule has 2 aliphatic heterocycles. The zero-order valence-electron chi connectivity index (χ0n) is 11.3. The molecule has 1 spiro atoms. The van der Waals surface area contributed by atoms with Crippen LogP contribution in [0.2, 0.25) is 0 Å². The van der Waals surface area contributed by atoms with Gasteiger partial charge in [0.1, 0.15) is 0 Å². The summed E-state index contributed by atoms with van der Waals surface area (Å²) in [5, 5.41) is 0. The summed E-state index contributed by atoms with van der Waals surface area (Å²) in [4.78, 5) is 14.9. The first kappa shape index (κ1) is 13.1. The molecular formula is C15H18BrNO2. The lowest BCUT2D eigenvalue weighted by Crippen LogP contribution is -2.46. The van der Waals surface area contributed by atoms with E-state index in [2.05, 4.69) is 41.9 Å². The Balaban J connectivity index is 2.17. The molecule has 2 aliphatic rings. The minimum absolute atomic E-state index is 0.183. The summed E-state index contributed by atoms with van der Waals surface area (Å²) in [6.07, 6.45) is 1.59. The molecule has 0 radical (unpaired) electrons. The molecular weight excluding hydrogens is 306 g/mol. The summed E-state index contributed by atoms with van der Waals surface area (Å²) < 4.78 is 6.48. The predicted molar refractivity (Wildman–Crippen MR) is 78.5 cm³/mol. The first-order valence-electron chi connectivity index (χ1n) is 6.78. The van der Waals surface area contributed by atoms with Gasteiger partial charge in [-0.3, -0.25) is 4.79 Å². The Hall–Kier alpha value is -0.870. The standard InChI is InChI=1S/C15H18BrNO2/c1-10(2)17-13-9-11(16)3-4-12(13)15(14(17)18)5-7-19-8-6-15/h3-4,9-10H,5-8H2,1-2H3. The molecule has 0 atom stereocenters. The van der Waals surface area contributed by atoms with Crippen LogP contribution in [-0.4, -0.2) is 25.2 Å². The van der Waals surface area contributed by atoms with E-state index in [0.717, 1.165) is 23.0 Å². The van der Waals surface area contributed by atoms with Crippen molar-refractivity contribution in [1.82, 2.24) is 0 Å². The van der Waals surface area contributed by atoms with Gasteiger partial charge in [0.25, 0.3) is 0 Å². The Morgan fingerprint density at radius 2 is 2.00 bits per heavy atom. The maximum Gasteiger partial charge on any atom is 0.238 e. The average molecular weight is 324 g/mol. The lowest BCUT2D eigenvalue weighted by atomic mass is 9.75. The molecule has 1 saturated heterocycles. The highest BCUT2D eigenvalue weighted by Gasteiger charge is 2.51. The quantitative estimate of drug-likeness (QED) is 0.794. The summed E-state index contributed by atoms with van der Waals surface area (Å²) in [5.41, 5.74) is 1.90. The van der Waals surface area contributed by atoms with Gasteiger partial charge in [0.05, 0.1) is 5.41 Å². The second-order valence-electron chi connectivity index (χ2n) is 5.62. The van der Waals surface area contributed by atoms with Crippen molar-refractivity contribution in [2.45, 2.75) is 38.1 Å². The average Bonchev–Trinajstić information content (AvgIpc) is 2.60. The predicted octanol–water partition coefficient (Wildman–Crippen LogP) is 3.25. The van der Waals surface area contributed by atoms with Crippen LogP contribution in [0.25, 0.3) is 0 Å². The largest absolute Gasteiger partial charge is 0.381 e. The van der Waals surface area contributed by atoms with Crippen LogP contribution in [0.5, 0.6) is 0 Å². The second kappa shape index (κ2) is 4.60. The highest BCUT2D eigenvalue weighted by molar-refractivity contribution is 9.10. The van der Waals surface area contributed by atoms with E-state index in [0.29, 0.717) is 13.2 Å². The number of fused-ring (bicyclic) bond motifs is 2. The van der Waals surface area contributed by atoms with Crippen LogP contribution in [0.15, 0.2) is 22.7 Å². The molecule has 1 fully saturated rings. The van der Waals surface area contributed by atoms with Crippen LogP contribution in [0, 0.1) is 0 Å². The van der Waals surface area contributed by atoms with Crippen molar-refractivity contribution in [3.8, 4) is 0 Å². The Morgan fingerprint density at radius 3 is 2.63 bits per heavy atom. The molecule has 0 unspecified atom stereocenters. The SMILES string of the molecule is CC(C)N1C(=O)C2(CCOCC2)c2ccc(Br)cc21. The highest BCUT2D eigenvalue weighted by Crippen LogP contribution is 2.49.